The van der Waals surface area contributed by atoms with Gasteiger partial charge in [-0.25, -0.2) is 0 Å². The SMILES string of the molecule is CC[C@H](C)[C@@H]1NC(=O)[C@H](CC(C)C)N(C)C(=O)C[C@@H](C(=O)N(C)C)N(C)C(=O)[C@H]([C@@H](C)CC)N(C)C(=O)C2(CCCC2)NC(=O)[C@@H]2CCCN2C(=O)[C@H](CCc2ccc(C(F)(F)F)c(Cl)c2)NC(=O)CN(C)C(=O)[C@H](Cc2ccc(C)cc2)N(C)C(=O)CN(C)C(=O)CN(C)C1=O. The summed E-state index contributed by atoms with van der Waals surface area (Å²) in [6, 6.07) is 1.15. The standard InChI is InChI=1S/C69H102ClF3N12O12/c1-17-43(6)58-65(95)80(12)39-56(88)78(10)40-57(89)82(14)52(36-46-25-23-42(5)24-26-46)64(94)79(11)38-54(86)74-49(30-28-45-27-29-47(48(70)35-45)69(71,72)73)62(92)85-33-21-22-50(85)61(91)76-68(31-19-20-32-68)67(97)84(16)59(44(7)18-2)66(96)83(15)53(63(93)77(8)9)37-55(87)81(13)51(34-41(3)4)60(90)75-58/h23-27,29,35,41,43-44,49-53,58-59H,17-22,28,30-34,36-40H2,1-16H3,(H,74,86)(H,75,90)(H,76,91)/t43-,44-,49-,50-,51-,52-,53-,58-,59-/m0/s1. The minimum absolute atomic E-state index is 0.0115. The lowest BCUT2D eigenvalue weighted by molar-refractivity contribution is -0.156. The third-order valence-electron chi connectivity index (χ3n) is 19.5. The molecule has 3 N–H and O–H groups in total. The summed E-state index contributed by atoms with van der Waals surface area (Å²) in [7, 11) is 12.5. The molecule has 1 aliphatic carbocycles. The maximum Gasteiger partial charge on any atom is 0.417 e. The summed E-state index contributed by atoms with van der Waals surface area (Å²) in [5.41, 5.74) is -0.866. The molecule has 9 atom stereocenters. The highest BCUT2D eigenvalue weighted by Gasteiger charge is 2.51. The Hall–Kier alpha value is -7.84. The van der Waals surface area contributed by atoms with Gasteiger partial charge in [0.25, 0.3) is 0 Å². The maximum absolute atomic E-state index is 15.4. The highest BCUT2D eigenvalue weighted by atomic mass is 35.5. The molecule has 2 aromatic rings. The van der Waals surface area contributed by atoms with Gasteiger partial charge >= 0.3 is 6.18 Å². The van der Waals surface area contributed by atoms with Gasteiger partial charge in [0.2, 0.25) is 70.9 Å². The van der Waals surface area contributed by atoms with Crippen LogP contribution in [0.25, 0.3) is 0 Å². The number of likely N-dealkylation sites (N-methyl/N-ethyl adjacent to an activating group) is 8. The zero-order valence-corrected chi connectivity index (χ0v) is 60.0. The number of benzene rings is 2. The summed E-state index contributed by atoms with van der Waals surface area (Å²) < 4.78 is 41.5. The van der Waals surface area contributed by atoms with Gasteiger partial charge in [-0.1, -0.05) is 115 Å². The lowest BCUT2D eigenvalue weighted by atomic mass is 9.90. The first-order valence-corrected chi connectivity index (χ1v) is 33.8. The summed E-state index contributed by atoms with van der Waals surface area (Å²) in [4.78, 5) is 187. The number of nitrogens with one attached hydrogen (secondary N) is 3. The van der Waals surface area contributed by atoms with Crippen molar-refractivity contribution in [2.24, 2.45) is 17.8 Å². The fraction of sp³-hybridized carbons (Fsp3) is 0.652. The van der Waals surface area contributed by atoms with E-state index < -0.39 is 173 Å². The Morgan fingerprint density at radius 2 is 1.24 bits per heavy atom. The van der Waals surface area contributed by atoms with Crippen molar-refractivity contribution in [3.63, 3.8) is 0 Å². The number of halogens is 4. The van der Waals surface area contributed by atoms with Crippen LogP contribution in [-0.4, -0.2) is 252 Å². The first kappa shape index (κ1) is 79.8. The molecule has 2 heterocycles. The predicted molar refractivity (Wildman–Crippen MR) is 358 cm³/mol. The summed E-state index contributed by atoms with van der Waals surface area (Å²) >= 11 is 6.13. The molecular formula is C69H102ClF3N12O12. The Kier molecular flexibility index (Phi) is 28.5. The topological polar surface area (TPSA) is 270 Å². The van der Waals surface area contributed by atoms with Crippen LogP contribution in [-0.2, 0) is 76.6 Å². The summed E-state index contributed by atoms with van der Waals surface area (Å²) in [5, 5.41) is 7.98. The fourth-order valence-corrected chi connectivity index (χ4v) is 13.2. The fourth-order valence-electron chi connectivity index (χ4n) is 12.9. The zero-order chi connectivity index (χ0) is 72.9. The van der Waals surface area contributed by atoms with Crippen LogP contribution in [0.3, 0.4) is 0 Å². The van der Waals surface area contributed by atoms with E-state index in [0.717, 1.165) is 42.2 Å². The summed E-state index contributed by atoms with van der Waals surface area (Å²) in [5.74, 6) is -9.73. The number of nitrogens with zero attached hydrogens (tertiary/aromatic N) is 9. The zero-order valence-electron chi connectivity index (χ0n) is 59.3. The third kappa shape index (κ3) is 20.2. The van der Waals surface area contributed by atoms with E-state index in [4.69, 9.17) is 11.6 Å². The van der Waals surface area contributed by atoms with Gasteiger partial charge in [0.15, 0.2) is 0 Å². The lowest BCUT2D eigenvalue weighted by Crippen LogP contribution is -2.65. The Bertz CT molecular complexity index is 3200. The third-order valence-corrected chi connectivity index (χ3v) is 19.8. The van der Waals surface area contributed by atoms with Gasteiger partial charge in [0.1, 0.15) is 47.8 Å². The van der Waals surface area contributed by atoms with Crippen LogP contribution in [0.5, 0.6) is 0 Å². The Morgan fingerprint density at radius 1 is 0.660 bits per heavy atom. The molecule has 12 amide bonds. The van der Waals surface area contributed by atoms with E-state index in [-0.39, 0.29) is 63.0 Å². The van der Waals surface area contributed by atoms with E-state index in [2.05, 4.69) is 16.0 Å². The van der Waals surface area contributed by atoms with Crippen LogP contribution in [0.15, 0.2) is 42.5 Å². The molecule has 0 radical (unpaired) electrons. The number of hydrogen-bond acceptors (Lipinski definition) is 12. The highest BCUT2D eigenvalue weighted by molar-refractivity contribution is 6.31. The first-order valence-electron chi connectivity index (χ1n) is 33.4. The van der Waals surface area contributed by atoms with Crippen molar-refractivity contribution in [3.05, 3.63) is 69.7 Å². The molecular weight excluding hydrogens is 1280 g/mol. The number of fused-ring (bicyclic) bond motifs is 1. The van der Waals surface area contributed by atoms with Crippen molar-refractivity contribution in [1.82, 2.24) is 60.0 Å². The average Bonchev–Trinajstić information content (AvgIpc) is 1.74. The molecule has 2 aliphatic heterocycles. The molecule has 2 aromatic carbocycles. The smallest absolute Gasteiger partial charge is 0.347 e. The molecule has 1 spiro atoms. The molecule has 1 saturated carbocycles. The van der Waals surface area contributed by atoms with Gasteiger partial charge in [-0.3, -0.25) is 57.5 Å². The molecule has 0 unspecified atom stereocenters. The second-order valence-electron chi connectivity index (χ2n) is 27.5. The van der Waals surface area contributed by atoms with Crippen LogP contribution in [0, 0.1) is 24.7 Å². The minimum atomic E-state index is -4.77. The van der Waals surface area contributed by atoms with Gasteiger partial charge in [0, 0.05) is 76.4 Å². The van der Waals surface area contributed by atoms with Crippen LogP contribution in [0.4, 0.5) is 13.2 Å². The molecule has 2 saturated heterocycles. The molecule has 28 heteroatoms. The molecule has 0 aromatic heterocycles. The van der Waals surface area contributed by atoms with Gasteiger partial charge < -0.3 is 60.0 Å². The van der Waals surface area contributed by atoms with E-state index in [1.54, 1.807) is 26.0 Å². The van der Waals surface area contributed by atoms with Gasteiger partial charge in [0.05, 0.1) is 36.6 Å². The molecule has 5 rings (SSSR count). The Labute approximate surface area is 573 Å². The van der Waals surface area contributed by atoms with Crippen molar-refractivity contribution in [2.75, 3.05) is 89.6 Å². The molecule has 538 valence electrons. The van der Waals surface area contributed by atoms with E-state index in [0.29, 0.717) is 37.7 Å². The quantitative estimate of drug-likeness (QED) is 0.264. The molecule has 0 bridgehead atoms. The number of aryl methyl sites for hydroxylation is 2. The number of hydrogen-bond donors (Lipinski definition) is 3. The van der Waals surface area contributed by atoms with Gasteiger partial charge in [-0.15, -0.1) is 0 Å². The minimum Gasteiger partial charge on any atom is -0.347 e. The monoisotopic (exact) mass is 1380 g/mol. The van der Waals surface area contributed by atoms with Crippen molar-refractivity contribution < 1.29 is 70.7 Å². The van der Waals surface area contributed by atoms with E-state index >= 15 is 14.4 Å². The average molecular weight is 1380 g/mol. The number of carbonyl (C=O) groups excluding carboxylic acids is 12. The highest BCUT2D eigenvalue weighted by Crippen LogP contribution is 2.37. The summed E-state index contributed by atoms with van der Waals surface area (Å²) in [6.07, 6.45) is -3.25. The van der Waals surface area contributed by atoms with E-state index in [9.17, 15) is 56.3 Å². The van der Waals surface area contributed by atoms with Gasteiger partial charge in [-0.05, 0) is 92.9 Å². The van der Waals surface area contributed by atoms with Crippen LogP contribution in [0.2, 0.25) is 5.02 Å². The van der Waals surface area contributed by atoms with Crippen molar-refractivity contribution >= 4 is 82.5 Å². The van der Waals surface area contributed by atoms with Crippen LogP contribution in [0.1, 0.15) is 134 Å². The van der Waals surface area contributed by atoms with E-state index in [1.807, 2.05) is 46.8 Å². The summed E-state index contributed by atoms with van der Waals surface area (Å²) in [6.45, 7) is 10.8. The maximum atomic E-state index is 15.4. The number of carbonyl (C=O) groups is 12. The Morgan fingerprint density at radius 3 is 1.80 bits per heavy atom. The van der Waals surface area contributed by atoms with Crippen LogP contribution < -0.4 is 16.0 Å². The first-order chi connectivity index (χ1) is 45.3. The number of rotatable bonds is 12. The molecule has 97 heavy (non-hydrogen) atoms. The van der Waals surface area contributed by atoms with Crippen molar-refractivity contribution in [2.45, 2.75) is 186 Å². The largest absolute Gasteiger partial charge is 0.417 e. The van der Waals surface area contributed by atoms with Crippen molar-refractivity contribution in [1.29, 1.82) is 0 Å². The lowest BCUT2D eigenvalue weighted by Gasteiger charge is -2.41. The number of alkyl halides is 3. The molecule has 3 fully saturated rings. The number of amides is 12. The second-order valence-corrected chi connectivity index (χ2v) is 27.9. The second kappa shape index (κ2) is 34.6. The Balaban J connectivity index is 1.63. The van der Waals surface area contributed by atoms with Crippen LogP contribution >= 0.6 is 11.6 Å². The molecule has 24 nitrogen and oxygen atoms in total. The molecule has 3 aliphatic rings. The van der Waals surface area contributed by atoms with Gasteiger partial charge in [-0.2, -0.15) is 13.2 Å². The van der Waals surface area contributed by atoms with E-state index in [1.165, 1.54) is 89.1 Å². The van der Waals surface area contributed by atoms with Crippen molar-refractivity contribution in [3.8, 4) is 0 Å². The normalized spacial score (nSPS) is 24.4. The predicted octanol–water partition coefficient (Wildman–Crippen LogP) is 4.55.